The third-order valence-electron chi connectivity index (χ3n) is 2.43. The summed E-state index contributed by atoms with van der Waals surface area (Å²) in [4.78, 5) is 0. The average molecular weight is 265 g/mol. The lowest BCUT2D eigenvalue weighted by molar-refractivity contribution is 0.588. The van der Waals surface area contributed by atoms with Gasteiger partial charge < -0.3 is 0 Å². The van der Waals surface area contributed by atoms with E-state index in [-0.39, 0.29) is 5.25 Å². The summed E-state index contributed by atoms with van der Waals surface area (Å²) in [6.45, 7) is 0. The highest BCUT2D eigenvalue weighted by molar-refractivity contribution is 7.95. The fraction of sp³-hybridized carbons (Fsp3) is 0.400. The second-order valence-electron chi connectivity index (χ2n) is 3.63. The Bertz CT molecular complexity index is 450. The molecule has 1 fully saturated rings. The van der Waals surface area contributed by atoms with E-state index in [0.29, 0.717) is 18.4 Å². The molecule has 82 valence electrons. The van der Waals surface area contributed by atoms with E-state index in [9.17, 15) is 8.42 Å². The zero-order valence-electron chi connectivity index (χ0n) is 7.86. The first-order valence-corrected chi connectivity index (χ1v) is 6.93. The van der Waals surface area contributed by atoms with Gasteiger partial charge in [-0.3, -0.25) is 0 Å². The summed E-state index contributed by atoms with van der Waals surface area (Å²) in [5.41, 5.74) is 0.417. The van der Waals surface area contributed by atoms with Gasteiger partial charge in [0.15, 0.2) is 9.84 Å². The van der Waals surface area contributed by atoms with Crippen LogP contribution in [-0.4, -0.2) is 13.7 Å². The van der Waals surface area contributed by atoms with Gasteiger partial charge in [-0.1, -0.05) is 53.5 Å². The Balaban J connectivity index is 2.43. The maximum atomic E-state index is 12.0. The predicted octanol–water partition coefficient (Wildman–Crippen LogP) is 2.85. The maximum absolute atomic E-state index is 12.0. The monoisotopic (exact) mass is 264 g/mol. The van der Waals surface area contributed by atoms with Crippen LogP contribution in [0.2, 0.25) is 0 Å². The van der Waals surface area contributed by atoms with Crippen molar-refractivity contribution in [3.05, 3.63) is 35.9 Å². The molecule has 0 bridgehead atoms. The Kier molecular flexibility index (Phi) is 2.73. The molecule has 5 heteroatoms. The molecular weight excluding hydrogens is 255 g/mol. The first kappa shape index (κ1) is 11.2. The Morgan fingerprint density at radius 3 is 2.13 bits per heavy atom. The fourth-order valence-corrected chi connectivity index (χ4v) is 4.03. The van der Waals surface area contributed by atoms with Crippen molar-refractivity contribution in [3.8, 4) is 0 Å². The molecule has 1 aromatic carbocycles. The van der Waals surface area contributed by atoms with E-state index in [4.69, 9.17) is 23.2 Å². The second-order valence-corrected chi connectivity index (χ2v) is 7.77. The lowest BCUT2D eigenvalue weighted by atomic mass is 10.2. The van der Waals surface area contributed by atoms with Gasteiger partial charge in [0.05, 0.1) is 5.25 Å². The van der Waals surface area contributed by atoms with Gasteiger partial charge in [0, 0.05) is 5.56 Å². The normalized spacial score (nSPS) is 17.7. The highest BCUT2D eigenvalue weighted by Gasteiger charge is 2.50. The SMILES string of the molecule is O=S(=O)(C1CC1)C(Cl)(Cl)c1ccccc1. The Morgan fingerprint density at radius 2 is 1.67 bits per heavy atom. The van der Waals surface area contributed by atoms with Crippen LogP contribution in [0.3, 0.4) is 0 Å². The van der Waals surface area contributed by atoms with Crippen LogP contribution in [0, 0.1) is 0 Å². The molecule has 0 unspecified atom stereocenters. The predicted molar refractivity (Wildman–Crippen MR) is 61.8 cm³/mol. The zero-order valence-corrected chi connectivity index (χ0v) is 10.2. The molecule has 0 amide bonds. The highest BCUT2D eigenvalue weighted by Crippen LogP contribution is 2.47. The van der Waals surface area contributed by atoms with Crippen molar-refractivity contribution < 1.29 is 8.42 Å². The van der Waals surface area contributed by atoms with Crippen LogP contribution < -0.4 is 0 Å². The van der Waals surface area contributed by atoms with E-state index in [1.54, 1.807) is 30.3 Å². The van der Waals surface area contributed by atoms with Crippen LogP contribution in [-0.2, 0) is 13.5 Å². The summed E-state index contributed by atoms with van der Waals surface area (Å²) in [5.74, 6) is 0. The van der Waals surface area contributed by atoms with Gasteiger partial charge in [-0.05, 0) is 12.8 Å². The minimum Gasteiger partial charge on any atom is -0.225 e. The van der Waals surface area contributed by atoms with Crippen molar-refractivity contribution in [1.82, 2.24) is 0 Å². The number of halogens is 2. The number of hydrogen-bond acceptors (Lipinski definition) is 2. The molecular formula is C10H10Cl2O2S. The van der Waals surface area contributed by atoms with Crippen molar-refractivity contribution in [3.63, 3.8) is 0 Å². The van der Waals surface area contributed by atoms with Crippen LogP contribution in [0.15, 0.2) is 30.3 Å². The molecule has 0 aromatic heterocycles. The molecule has 1 aliphatic carbocycles. The van der Waals surface area contributed by atoms with Crippen molar-refractivity contribution in [2.75, 3.05) is 0 Å². The lowest BCUT2D eigenvalue weighted by Crippen LogP contribution is -2.27. The largest absolute Gasteiger partial charge is 0.243 e. The molecule has 0 atom stereocenters. The summed E-state index contributed by atoms with van der Waals surface area (Å²) in [6, 6.07) is 8.48. The molecule has 1 saturated carbocycles. The van der Waals surface area contributed by atoms with Gasteiger partial charge in [-0.2, -0.15) is 0 Å². The molecule has 0 saturated heterocycles. The minimum atomic E-state index is -3.49. The molecule has 0 radical (unpaired) electrons. The Labute approximate surface area is 99.1 Å². The van der Waals surface area contributed by atoms with E-state index >= 15 is 0 Å². The molecule has 15 heavy (non-hydrogen) atoms. The lowest BCUT2D eigenvalue weighted by Gasteiger charge is -2.20. The molecule has 2 rings (SSSR count). The van der Waals surface area contributed by atoms with Gasteiger partial charge in [0.2, 0.25) is 3.67 Å². The molecule has 0 spiro atoms. The summed E-state index contributed by atoms with van der Waals surface area (Å²) >= 11 is 11.9. The number of benzene rings is 1. The first-order chi connectivity index (χ1) is 6.96. The van der Waals surface area contributed by atoms with Crippen molar-refractivity contribution in [2.24, 2.45) is 0 Å². The zero-order chi connectivity index (χ0) is 11.1. The van der Waals surface area contributed by atoms with Crippen LogP contribution in [0.5, 0.6) is 0 Å². The van der Waals surface area contributed by atoms with Crippen molar-refractivity contribution >= 4 is 33.0 Å². The van der Waals surface area contributed by atoms with Crippen LogP contribution in [0.4, 0.5) is 0 Å². The van der Waals surface area contributed by atoms with Gasteiger partial charge in [0.1, 0.15) is 0 Å². The first-order valence-electron chi connectivity index (χ1n) is 4.63. The quantitative estimate of drug-likeness (QED) is 0.787. The van der Waals surface area contributed by atoms with Crippen molar-refractivity contribution in [2.45, 2.75) is 21.8 Å². The van der Waals surface area contributed by atoms with Gasteiger partial charge in [-0.25, -0.2) is 8.42 Å². The summed E-state index contributed by atoms with van der Waals surface area (Å²) in [6.07, 6.45) is 1.33. The van der Waals surface area contributed by atoms with Gasteiger partial charge >= 0.3 is 0 Å². The van der Waals surface area contributed by atoms with Crippen molar-refractivity contribution in [1.29, 1.82) is 0 Å². The van der Waals surface area contributed by atoms with E-state index in [0.717, 1.165) is 0 Å². The molecule has 2 nitrogen and oxygen atoms in total. The molecule has 0 N–H and O–H groups in total. The second kappa shape index (κ2) is 3.65. The number of rotatable bonds is 3. The topological polar surface area (TPSA) is 34.1 Å². The Morgan fingerprint density at radius 1 is 1.13 bits per heavy atom. The van der Waals surface area contributed by atoms with Crippen LogP contribution in [0.1, 0.15) is 18.4 Å². The fourth-order valence-electron chi connectivity index (χ4n) is 1.38. The number of hydrogen-bond donors (Lipinski definition) is 0. The van der Waals surface area contributed by atoms with Gasteiger partial charge in [0.25, 0.3) is 0 Å². The maximum Gasteiger partial charge on any atom is 0.243 e. The summed E-state index contributed by atoms with van der Waals surface area (Å²) < 4.78 is 22.1. The highest BCUT2D eigenvalue weighted by atomic mass is 35.5. The minimum absolute atomic E-state index is 0.368. The molecule has 1 aromatic rings. The third-order valence-corrected chi connectivity index (χ3v) is 6.46. The van der Waals surface area contributed by atoms with E-state index in [2.05, 4.69) is 0 Å². The van der Waals surface area contributed by atoms with E-state index in [1.165, 1.54) is 0 Å². The Hall–Kier alpha value is -0.250. The van der Waals surface area contributed by atoms with Gasteiger partial charge in [-0.15, -0.1) is 0 Å². The molecule has 0 aliphatic heterocycles. The molecule has 0 heterocycles. The number of alkyl halides is 2. The standard InChI is InChI=1S/C10H10Cl2O2S/c11-10(12,8-4-2-1-3-5-8)15(13,14)9-6-7-9/h1-5,9H,6-7H2. The summed E-state index contributed by atoms with van der Waals surface area (Å²) in [5, 5.41) is -0.368. The average Bonchev–Trinajstić information content (AvgIpc) is 3.02. The number of sulfone groups is 1. The molecule has 1 aliphatic rings. The van der Waals surface area contributed by atoms with Crippen LogP contribution in [0.25, 0.3) is 0 Å². The summed E-state index contributed by atoms with van der Waals surface area (Å²) in [7, 11) is -3.49. The smallest absolute Gasteiger partial charge is 0.225 e. The van der Waals surface area contributed by atoms with E-state index < -0.39 is 13.5 Å². The third kappa shape index (κ3) is 1.88. The van der Waals surface area contributed by atoms with Crippen LogP contribution >= 0.6 is 23.2 Å². The van der Waals surface area contributed by atoms with E-state index in [1.807, 2.05) is 0 Å².